The van der Waals surface area contributed by atoms with Crippen molar-refractivity contribution in [1.82, 2.24) is 4.31 Å². The molecule has 1 fully saturated rings. The lowest BCUT2D eigenvalue weighted by molar-refractivity contribution is -0.109. The van der Waals surface area contributed by atoms with E-state index in [4.69, 9.17) is 0 Å². The van der Waals surface area contributed by atoms with E-state index in [-0.39, 0.29) is 17.5 Å². The summed E-state index contributed by atoms with van der Waals surface area (Å²) in [5, 5.41) is 0.210. The van der Waals surface area contributed by atoms with Crippen molar-refractivity contribution in [1.29, 1.82) is 0 Å². The van der Waals surface area contributed by atoms with E-state index < -0.39 is 0 Å². The lowest BCUT2D eigenvalue weighted by Gasteiger charge is -2.23. The molecule has 0 atom stereocenters. The number of piperidine rings is 1. The number of hydrogen-bond acceptors (Lipinski definition) is 3. The largest absolute Gasteiger partial charge is 0.286 e. The van der Waals surface area contributed by atoms with Gasteiger partial charge in [0, 0.05) is 20.0 Å². The van der Waals surface area contributed by atoms with Gasteiger partial charge in [-0.25, -0.2) is 4.31 Å². The topological polar surface area (TPSA) is 20.3 Å². The molecule has 1 heterocycles. The highest BCUT2D eigenvalue weighted by Crippen LogP contribution is 2.17. The predicted octanol–water partition coefficient (Wildman–Crippen LogP) is 2.09. The van der Waals surface area contributed by atoms with E-state index in [1.165, 1.54) is 31.2 Å². The molecule has 1 aliphatic heterocycles. The lowest BCUT2D eigenvalue weighted by Crippen LogP contribution is -2.24. The smallest absolute Gasteiger partial charge is 0.200 e. The summed E-state index contributed by atoms with van der Waals surface area (Å²) in [7, 11) is 0. The summed E-state index contributed by atoms with van der Waals surface area (Å²) in [5.41, 5.74) is 0. The average Bonchev–Trinajstić information content (AvgIpc) is 1.88. The third kappa shape index (κ3) is 4.67. The molecule has 0 aliphatic carbocycles. The van der Waals surface area contributed by atoms with Crippen molar-refractivity contribution < 1.29 is 4.79 Å². The minimum absolute atomic E-state index is 0. The zero-order chi connectivity index (χ0) is 7.40. The van der Waals surface area contributed by atoms with Gasteiger partial charge in [0.25, 0.3) is 0 Å². The maximum absolute atomic E-state index is 10.6. The highest BCUT2D eigenvalue weighted by atomic mass is 35.5. The van der Waals surface area contributed by atoms with Crippen LogP contribution in [0.1, 0.15) is 26.2 Å². The fourth-order valence-corrected chi connectivity index (χ4v) is 1.94. The fourth-order valence-electron chi connectivity index (χ4n) is 1.14. The second-order valence-corrected chi connectivity index (χ2v) is 3.85. The van der Waals surface area contributed by atoms with Gasteiger partial charge in [-0.1, -0.05) is 6.42 Å². The molecule has 1 aliphatic rings. The predicted molar refractivity (Wildman–Crippen MR) is 50.9 cm³/mol. The first-order valence-electron chi connectivity index (χ1n) is 3.72. The Morgan fingerprint density at radius 1 is 1.27 bits per heavy atom. The molecule has 0 spiro atoms. The van der Waals surface area contributed by atoms with E-state index in [0.29, 0.717) is 0 Å². The number of rotatable bonds is 1. The van der Waals surface area contributed by atoms with Gasteiger partial charge in [-0.05, 0) is 24.8 Å². The third-order valence-corrected chi connectivity index (χ3v) is 2.45. The van der Waals surface area contributed by atoms with Crippen molar-refractivity contribution >= 4 is 29.5 Å². The lowest BCUT2D eigenvalue weighted by atomic mass is 10.2. The van der Waals surface area contributed by atoms with Crippen LogP contribution in [0, 0.1) is 0 Å². The van der Waals surface area contributed by atoms with Crippen LogP contribution in [0.25, 0.3) is 0 Å². The Bertz CT molecular complexity index is 126. The third-order valence-electron chi connectivity index (χ3n) is 1.57. The number of nitrogens with zero attached hydrogens (tertiary/aromatic N) is 1. The fraction of sp³-hybridized carbons (Fsp3) is 0.857. The number of hydrogen-bond donors (Lipinski definition) is 0. The molecule has 11 heavy (non-hydrogen) atoms. The molecular formula is C7H14ClNOS. The van der Waals surface area contributed by atoms with E-state index in [0.717, 1.165) is 13.1 Å². The molecule has 1 saturated heterocycles. The molecule has 4 heteroatoms. The van der Waals surface area contributed by atoms with Crippen molar-refractivity contribution in [3.05, 3.63) is 0 Å². The molecule has 0 amide bonds. The Balaban J connectivity index is 0.000001000. The van der Waals surface area contributed by atoms with Gasteiger partial charge in [-0.15, -0.1) is 12.4 Å². The van der Waals surface area contributed by atoms with E-state index in [9.17, 15) is 4.79 Å². The highest BCUT2D eigenvalue weighted by Gasteiger charge is 2.11. The molecule has 0 aromatic carbocycles. The molecule has 0 unspecified atom stereocenters. The first-order valence-corrected chi connectivity index (χ1v) is 4.50. The minimum Gasteiger partial charge on any atom is -0.286 e. The van der Waals surface area contributed by atoms with Crippen molar-refractivity contribution in [2.45, 2.75) is 26.2 Å². The standard InChI is InChI=1S/C7H13NOS.ClH/c1-7(9)10-8-5-3-2-4-6-8;/h2-6H2,1H3;1H. The van der Waals surface area contributed by atoms with E-state index in [2.05, 4.69) is 4.31 Å². The monoisotopic (exact) mass is 195 g/mol. The normalized spacial score (nSPS) is 19.0. The van der Waals surface area contributed by atoms with Crippen LogP contribution >= 0.6 is 24.4 Å². The Morgan fingerprint density at radius 2 is 1.82 bits per heavy atom. The molecule has 0 N–H and O–H groups in total. The Kier molecular flexibility index (Phi) is 6.01. The van der Waals surface area contributed by atoms with Crippen molar-refractivity contribution in [3.8, 4) is 0 Å². The van der Waals surface area contributed by atoms with Crippen LogP contribution in [-0.2, 0) is 4.79 Å². The molecule has 0 aromatic rings. The zero-order valence-electron chi connectivity index (χ0n) is 6.71. The summed E-state index contributed by atoms with van der Waals surface area (Å²) in [6.45, 7) is 3.80. The van der Waals surface area contributed by atoms with Crippen LogP contribution in [0.2, 0.25) is 0 Å². The summed E-state index contributed by atoms with van der Waals surface area (Å²) in [5.74, 6) is 0. The van der Waals surface area contributed by atoms with Crippen LogP contribution in [-0.4, -0.2) is 22.5 Å². The first-order chi connectivity index (χ1) is 4.79. The summed E-state index contributed by atoms with van der Waals surface area (Å²) in [6, 6.07) is 0. The molecule has 0 saturated carbocycles. The SMILES string of the molecule is CC(=O)SN1CCCCC1.Cl. The molecule has 2 nitrogen and oxygen atoms in total. The summed E-state index contributed by atoms with van der Waals surface area (Å²) >= 11 is 1.37. The molecule has 0 aromatic heterocycles. The van der Waals surface area contributed by atoms with Gasteiger partial charge in [0.15, 0.2) is 0 Å². The number of carbonyl (C=O) groups excluding carboxylic acids is 1. The zero-order valence-corrected chi connectivity index (χ0v) is 8.34. The summed E-state index contributed by atoms with van der Waals surface area (Å²) in [4.78, 5) is 10.6. The molecule has 0 bridgehead atoms. The van der Waals surface area contributed by atoms with Gasteiger partial charge < -0.3 is 0 Å². The maximum atomic E-state index is 10.6. The van der Waals surface area contributed by atoms with Gasteiger partial charge in [0.1, 0.15) is 0 Å². The number of halogens is 1. The van der Waals surface area contributed by atoms with Crippen LogP contribution in [0.15, 0.2) is 0 Å². The van der Waals surface area contributed by atoms with E-state index in [1.807, 2.05) is 0 Å². The van der Waals surface area contributed by atoms with Crippen LogP contribution in [0.5, 0.6) is 0 Å². The van der Waals surface area contributed by atoms with Crippen molar-refractivity contribution in [2.24, 2.45) is 0 Å². The van der Waals surface area contributed by atoms with Crippen LogP contribution in [0.3, 0.4) is 0 Å². The van der Waals surface area contributed by atoms with Crippen molar-refractivity contribution in [3.63, 3.8) is 0 Å². The first kappa shape index (κ1) is 11.3. The van der Waals surface area contributed by atoms with Crippen LogP contribution < -0.4 is 0 Å². The molecule has 66 valence electrons. The summed E-state index contributed by atoms with van der Waals surface area (Å²) in [6.07, 6.45) is 3.83. The van der Waals surface area contributed by atoms with Crippen LogP contribution in [0.4, 0.5) is 0 Å². The number of carbonyl (C=O) groups is 1. The second-order valence-electron chi connectivity index (χ2n) is 2.57. The Labute approximate surface area is 78.3 Å². The quantitative estimate of drug-likeness (QED) is 0.598. The van der Waals surface area contributed by atoms with E-state index >= 15 is 0 Å². The Hall–Kier alpha value is 0.270. The van der Waals surface area contributed by atoms with Gasteiger partial charge in [-0.3, -0.25) is 4.79 Å². The van der Waals surface area contributed by atoms with Gasteiger partial charge in [0.05, 0.1) is 0 Å². The minimum atomic E-state index is 0. The van der Waals surface area contributed by atoms with E-state index in [1.54, 1.807) is 6.92 Å². The van der Waals surface area contributed by atoms with Crippen molar-refractivity contribution in [2.75, 3.05) is 13.1 Å². The molecule has 0 radical (unpaired) electrons. The second kappa shape index (κ2) is 5.86. The summed E-state index contributed by atoms with van der Waals surface area (Å²) < 4.78 is 2.16. The van der Waals surface area contributed by atoms with Gasteiger partial charge in [0.2, 0.25) is 5.12 Å². The van der Waals surface area contributed by atoms with Gasteiger partial charge >= 0.3 is 0 Å². The average molecular weight is 196 g/mol. The molecule has 1 rings (SSSR count). The van der Waals surface area contributed by atoms with Gasteiger partial charge in [-0.2, -0.15) is 0 Å². The Morgan fingerprint density at radius 3 is 2.27 bits per heavy atom. The maximum Gasteiger partial charge on any atom is 0.200 e. The molecular weight excluding hydrogens is 182 g/mol. The highest BCUT2D eigenvalue weighted by molar-refractivity contribution is 8.11.